The van der Waals surface area contributed by atoms with Crippen LogP contribution in [-0.2, 0) is 17.6 Å². The van der Waals surface area contributed by atoms with Crippen molar-refractivity contribution in [3.63, 3.8) is 0 Å². The smallest absolute Gasteiger partial charge is 0.230 e. The molecule has 0 radical (unpaired) electrons. The van der Waals surface area contributed by atoms with Gasteiger partial charge in [-0.05, 0) is 47.7 Å². The van der Waals surface area contributed by atoms with Gasteiger partial charge in [0.05, 0.1) is 6.42 Å². The zero-order valence-corrected chi connectivity index (χ0v) is 15.0. The first-order chi connectivity index (χ1) is 12.2. The van der Waals surface area contributed by atoms with Gasteiger partial charge >= 0.3 is 0 Å². The van der Waals surface area contributed by atoms with E-state index >= 15 is 0 Å². The maximum absolute atomic E-state index is 11.9. The fourth-order valence-electron chi connectivity index (χ4n) is 2.24. The van der Waals surface area contributed by atoms with Crippen molar-refractivity contribution in [1.29, 1.82) is 0 Å². The predicted molar refractivity (Wildman–Crippen MR) is 102 cm³/mol. The third-order valence-electron chi connectivity index (χ3n) is 3.48. The second kappa shape index (κ2) is 8.60. The molecule has 2 N–H and O–H groups in total. The van der Waals surface area contributed by atoms with E-state index in [0.717, 1.165) is 22.9 Å². The molecular weight excluding hydrogens is 356 g/mol. The molecule has 0 saturated heterocycles. The van der Waals surface area contributed by atoms with E-state index in [1.165, 1.54) is 5.56 Å². The first kappa shape index (κ1) is 17.4. The maximum Gasteiger partial charge on any atom is 0.230 e. The molecule has 0 aliphatic rings. The molecule has 0 fully saturated rings. The van der Waals surface area contributed by atoms with Gasteiger partial charge < -0.3 is 10.6 Å². The summed E-state index contributed by atoms with van der Waals surface area (Å²) in [5, 5.41) is 16.7. The molecular formula is C18H17ClN4OS. The van der Waals surface area contributed by atoms with Gasteiger partial charge in [0.1, 0.15) is 5.82 Å². The molecule has 0 saturated carbocycles. The second-order valence-corrected chi connectivity index (χ2v) is 6.88. The molecule has 0 unspecified atom stereocenters. The molecule has 0 bridgehead atoms. The lowest BCUT2D eigenvalue weighted by molar-refractivity contribution is -0.115. The topological polar surface area (TPSA) is 66.9 Å². The summed E-state index contributed by atoms with van der Waals surface area (Å²) in [5.74, 6) is 1.02. The van der Waals surface area contributed by atoms with Gasteiger partial charge in [0.2, 0.25) is 5.91 Å². The van der Waals surface area contributed by atoms with E-state index in [-0.39, 0.29) is 5.91 Å². The van der Waals surface area contributed by atoms with Crippen molar-refractivity contribution in [1.82, 2.24) is 10.2 Å². The highest BCUT2D eigenvalue weighted by Crippen LogP contribution is 2.12. The number of amides is 1. The van der Waals surface area contributed by atoms with E-state index in [1.807, 2.05) is 41.8 Å². The van der Waals surface area contributed by atoms with Gasteiger partial charge in [0.15, 0.2) is 5.82 Å². The highest BCUT2D eigenvalue weighted by molar-refractivity contribution is 7.10. The van der Waals surface area contributed by atoms with Crippen LogP contribution in [0.1, 0.15) is 10.4 Å². The molecule has 2 aromatic heterocycles. The van der Waals surface area contributed by atoms with Crippen LogP contribution >= 0.6 is 22.9 Å². The van der Waals surface area contributed by atoms with Crippen molar-refractivity contribution >= 4 is 40.5 Å². The molecule has 0 aliphatic heterocycles. The summed E-state index contributed by atoms with van der Waals surface area (Å²) in [5.41, 5.74) is 1.20. The van der Waals surface area contributed by atoms with E-state index in [0.29, 0.717) is 18.1 Å². The second-order valence-electron chi connectivity index (χ2n) is 5.41. The van der Waals surface area contributed by atoms with Crippen molar-refractivity contribution in [3.8, 4) is 0 Å². The number of nitrogens with one attached hydrogen (secondary N) is 2. The Hall–Kier alpha value is -2.44. The number of thiophene rings is 1. The predicted octanol–water partition coefficient (Wildman–Crippen LogP) is 4.03. The number of aromatic nitrogens is 2. The molecule has 7 heteroatoms. The Morgan fingerprint density at radius 2 is 1.80 bits per heavy atom. The molecule has 3 aromatic rings. The SMILES string of the molecule is O=C(Cc1cccs1)Nc1ccc(NCCc2ccc(Cl)cc2)nn1. The van der Waals surface area contributed by atoms with Crippen LogP contribution in [0.2, 0.25) is 5.02 Å². The summed E-state index contributed by atoms with van der Waals surface area (Å²) < 4.78 is 0. The Morgan fingerprint density at radius 1 is 1.04 bits per heavy atom. The molecule has 1 amide bonds. The van der Waals surface area contributed by atoms with E-state index in [4.69, 9.17) is 11.6 Å². The fourth-order valence-corrected chi connectivity index (χ4v) is 3.07. The van der Waals surface area contributed by atoms with Crippen molar-refractivity contribution < 1.29 is 4.79 Å². The Bertz CT molecular complexity index is 804. The number of hydrogen-bond donors (Lipinski definition) is 2. The van der Waals surface area contributed by atoms with Crippen LogP contribution in [0, 0.1) is 0 Å². The number of anilines is 2. The molecule has 2 heterocycles. The van der Waals surface area contributed by atoms with Crippen molar-refractivity contribution in [2.24, 2.45) is 0 Å². The van der Waals surface area contributed by atoms with Crippen LogP contribution in [0.5, 0.6) is 0 Å². The van der Waals surface area contributed by atoms with E-state index in [9.17, 15) is 4.79 Å². The number of benzene rings is 1. The minimum atomic E-state index is -0.0970. The largest absolute Gasteiger partial charge is 0.368 e. The first-order valence-corrected chi connectivity index (χ1v) is 9.09. The normalized spacial score (nSPS) is 10.4. The third-order valence-corrected chi connectivity index (χ3v) is 4.61. The summed E-state index contributed by atoms with van der Waals surface area (Å²) in [6.07, 6.45) is 1.21. The number of halogens is 1. The number of carbonyl (C=O) groups excluding carboxylic acids is 1. The van der Waals surface area contributed by atoms with Crippen LogP contribution < -0.4 is 10.6 Å². The van der Waals surface area contributed by atoms with Gasteiger partial charge in [-0.3, -0.25) is 4.79 Å². The minimum Gasteiger partial charge on any atom is -0.368 e. The number of carbonyl (C=O) groups is 1. The summed E-state index contributed by atoms with van der Waals surface area (Å²) in [4.78, 5) is 12.9. The van der Waals surface area contributed by atoms with E-state index in [1.54, 1.807) is 23.5 Å². The van der Waals surface area contributed by atoms with E-state index in [2.05, 4.69) is 20.8 Å². The lowest BCUT2D eigenvalue weighted by atomic mass is 10.1. The summed E-state index contributed by atoms with van der Waals surface area (Å²) in [6.45, 7) is 0.737. The standard InChI is InChI=1S/C18H17ClN4OS/c19-14-5-3-13(4-6-14)9-10-20-16-7-8-17(23-22-16)21-18(24)12-15-2-1-11-25-15/h1-8,11H,9-10,12H2,(H,20,22)(H,21,23,24). The average molecular weight is 373 g/mol. The first-order valence-electron chi connectivity index (χ1n) is 7.83. The van der Waals surface area contributed by atoms with Gasteiger partial charge in [-0.2, -0.15) is 0 Å². The minimum absolute atomic E-state index is 0.0970. The quantitative estimate of drug-likeness (QED) is 0.657. The lowest BCUT2D eigenvalue weighted by Gasteiger charge is -2.07. The van der Waals surface area contributed by atoms with Gasteiger partial charge in [0.25, 0.3) is 0 Å². The Balaban J connectivity index is 1.45. The van der Waals surface area contributed by atoms with Gasteiger partial charge in [-0.1, -0.05) is 29.8 Å². The summed E-state index contributed by atoms with van der Waals surface area (Å²) >= 11 is 7.43. The van der Waals surface area contributed by atoms with Crippen molar-refractivity contribution in [3.05, 3.63) is 69.4 Å². The van der Waals surface area contributed by atoms with Crippen LogP contribution in [0.4, 0.5) is 11.6 Å². The molecule has 5 nitrogen and oxygen atoms in total. The molecule has 0 atom stereocenters. The number of rotatable bonds is 7. The van der Waals surface area contributed by atoms with Crippen LogP contribution in [0.3, 0.4) is 0 Å². The Morgan fingerprint density at radius 3 is 2.48 bits per heavy atom. The maximum atomic E-state index is 11.9. The highest BCUT2D eigenvalue weighted by atomic mass is 35.5. The van der Waals surface area contributed by atoms with Gasteiger partial charge in [-0.25, -0.2) is 0 Å². The van der Waals surface area contributed by atoms with E-state index < -0.39 is 0 Å². The van der Waals surface area contributed by atoms with Gasteiger partial charge in [0, 0.05) is 16.4 Å². The van der Waals surface area contributed by atoms with Crippen molar-refractivity contribution in [2.75, 3.05) is 17.2 Å². The zero-order chi connectivity index (χ0) is 17.5. The third kappa shape index (κ3) is 5.55. The van der Waals surface area contributed by atoms with Crippen LogP contribution in [0.15, 0.2) is 53.9 Å². The Kier molecular flexibility index (Phi) is 5.98. The molecule has 128 valence electrons. The van der Waals surface area contributed by atoms with Crippen molar-refractivity contribution in [2.45, 2.75) is 12.8 Å². The monoisotopic (exact) mass is 372 g/mol. The van der Waals surface area contributed by atoms with Crippen LogP contribution in [-0.4, -0.2) is 22.6 Å². The molecule has 0 spiro atoms. The van der Waals surface area contributed by atoms with Crippen LogP contribution in [0.25, 0.3) is 0 Å². The Labute approximate surface area is 155 Å². The lowest BCUT2D eigenvalue weighted by Crippen LogP contribution is -2.15. The average Bonchev–Trinajstić information content (AvgIpc) is 3.11. The summed E-state index contributed by atoms with van der Waals surface area (Å²) in [6, 6.07) is 15.2. The fraction of sp³-hybridized carbons (Fsp3) is 0.167. The number of nitrogens with zero attached hydrogens (tertiary/aromatic N) is 2. The highest BCUT2D eigenvalue weighted by Gasteiger charge is 2.06. The molecule has 0 aliphatic carbocycles. The molecule has 25 heavy (non-hydrogen) atoms. The van der Waals surface area contributed by atoms with Gasteiger partial charge in [-0.15, -0.1) is 21.5 Å². The number of hydrogen-bond acceptors (Lipinski definition) is 5. The molecule has 1 aromatic carbocycles. The summed E-state index contributed by atoms with van der Waals surface area (Å²) in [7, 11) is 0. The zero-order valence-electron chi connectivity index (χ0n) is 13.4. The molecule has 3 rings (SSSR count).